The second kappa shape index (κ2) is 19.6. The van der Waals surface area contributed by atoms with Gasteiger partial charge in [-0.25, -0.2) is 4.39 Å². The monoisotopic (exact) mass is 408 g/mol. The predicted octanol–water partition coefficient (Wildman–Crippen LogP) is 9.47. The minimum Gasteiger partial charge on any atom is -0.207 e. The van der Waals surface area contributed by atoms with Crippen molar-refractivity contribution in [1.82, 2.24) is 0 Å². The van der Waals surface area contributed by atoms with Crippen molar-refractivity contribution in [3.05, 3.63) is 120 Å². The summed E-state index contributed by atoms with van der Waals surface area (Å²) in [6, 6.07) is 25.5. The summed E-state index contributed by atoms with van der Waals surface area (Å²) in [5, 5.41) is 0. The molecule has 164 valence electrons. The summed E-state index contributed by atoms with van der Waals surface area (Å²) < 4.78 is 12.2. The molecular weight excluding hydrogens is 367 g/mol. The highest BCUT2D eigenvalue weighted by Gasteiger charge is 1.95. The lowest BCUT2D eigenvalue weighted by Crippen LogP contribution is -1.85. The molecule has 0 N–H and O–H groups in total. The van der Waals surface area contributed by atoms with Crippen molar-refractivity contribution in [2.45, 2.75) is 61.3 Å². The highest BCUT2D eigenvalue weighted by atomic mass is 19.1. The van der Waals surface area contributed by atoms with Crippen molar-refractivity contribution in [1.29, 1.82) is 0 Å². The standard InChI is InChI=1S/C10H14.C7H7F.C7H8.C3H6.C2H6/c1-8(2)10-6-4-9(3)5-7-10;1-6-3-2-4-7(8)5-6;1-7-5-3-2-4-6-7;1-3-2;1-2/h4-8H,1-3H3;2-5H,1H3;2-6H,1H3;3H,1H2,2H3;1-2H3. The maximum absolute atomic E-state index is 12.2. The van der Waals surface area contributed by atoms with Crippen LogP contribution < -0.4 is 0 Å². The second-order valence-electron chi connectivity index (χ2n) is 6.93. The first-order valence-corrected chi connectivity index (χ1v) is 10.7. The van der Waals surface area contributed by atoms with Crippen LogP contribution in [0.2, 0.25) is 0 Å². The van der Waals surface area contributed by atoms with Gasteiger partial charge in [0.2, 0.25) is 0 Å². The van der Waals surface area contributed by atoms with Gasteiger partial charge < -0.3 is 0 Å². The Hall–Kier alpha value is -2.67. The van der Waals surface area contributed by atoms with E-state index in [1.165, 1.54) is 28.8 Å². The van der Waals surface area contributed by atoms with E-state index in [1.807, 2.05) is 52.0 Å². The molecule has 0 heterocycles. The fourth-order valence-electron chi connectivity index (χ4n) is 2.09. The van der Waals surface area contributed by atoms with Gasteiger partial charge >= 0.3 is 0 Å². The molecule has 0 aliphatic carbocycles. The fourth-order valence-corrected chi connectivity index (χ4v) is 2.09. The lowest BCUT2D eigenvalue weighted by atomic mass is 10.0. The van der Waals surface area contributed by atoms with Crippen LogP contribution in [0, 0.1) is 26.6 Å². The van der Waals surface area contributed by atoms with Gasteiger partial charge in [-0.1, -0.05) is 112 Å². The Balaban J connectivity index is 0. The van der Waals surface area contributed by atoms with Gasteiger partial charge in [0.25, 0.3) is 0 Å². The summed E-state index contributed by atoms with van der Waals surface area (Å²) in [4.78, 5) is 0. The molecule has 3 aromatic carbocycles. The molecular formula is C29H41F. The number of hydrogen-bond acceptors (Lipinski definition) is 0. The zero-order valence-corrected chi connectivity index (χ0v) is 20.2. The Bertz CT molecular complexity index is 739. The maximum Gasteiger partial charge on any atom is 0.123 e. The highest BCUT2D eigenvalue weighted by Crippen LogP contribution is 2.13. The van der Waals surface area contributed by atoms with Crippen LogP contribution in [0.1, 0.15) is 62.8 Å². The molecule has 0 saturated heterocycles. The van der Waals surface area contributed by atoms with Gasteiger partial charge in [0, 0.05) is 0 Å². The lowest BCUT2D eigenvalue weighted by molar-refractivity contribution is 0.626. The van der Waals surface area contributed by atoms with Crippen molar-refractivity contribution in [2.75, 3.05) is 0 Å². The van der Waals surface area contributed by atoms with Crippen LogP contribution in [0.3, 0.4) is 0 Å². The number of halogens is 1. The first-order valence-electron chi connectivity index (χ1n) is 10.7. The summed E-state index contributed by atoms with van der Waals surface area (Å²) in [7, 11) is 0. The molecule has 0 amide bonds. The lowest BCUT2D eigenvalue weighted by Gasteiger charge is -2.03. The molecule has 0 radical (unpaired) electrons. The van der Waals surface area contributed by atoms with Gasteiger partial charge in [0.1, 0.15) is 5.82 Å². The number of hydrogen-bond donors (Lipinski definition) is 0. The quantitative estimate of drug-likeness (QED) is 0.352. The van der Waals surface area contributed by atoms with Gasteiger partial charge in [0.05, 0.1) is 0 Å². The van der Waals surface area contributed by atoms with E-state index in [0.29, 0.717) is 5.92 Å². The molecule has 3 aromatic rings. The van der Waals surface area contributed by atoms with Crippen molar-refractivity contribution >= 4 is 0 Å². The van der Waals surface area contributed by atoms with Crippen LogP contribution in [0.15, 0.2) is 91.5 Å². The topological polar surface area (TPSA) is 0 Å². The third-order valence-electron chi connectivity index (χ3n) is 3.66. The average molecular weight is 409 g/mol. The van der Waals surface area contributed by atoms with Crippen LogP contribution >= 0.6 is 0 Å². The molecule has 30 heavy (non-hydrogen) atoms. The van der Waals surface area contributed by atoms with E-state index < -0.39 is 0 Å². The molecule has 0 atom stereocenters. The maximum atomic E-state index is 12.2. The fraction of sp³-hybridized carbons (Fsp3) is 0.310. The third kappa shape index (κ3) is 17.4. The number of aryl methyl sites for hydroxylation is 3. The minimum absolute atomic E-state index is 0.162. The van der Waals surface area contributed by atoms with Crippen molar-refractivity contribution in [3.8, 4) is 0 Å². The smallest absolute Gasteiger partial charge is 0.123 e. The van der Waals surface area contributed by atoms with Crippen LogP contribution in [0.4, 0.5) is 4.39 Å². The number of benzene rings is 3. The SMILES string of the molecule is C=CC.CC.Cc1ccc(C(C)C)cc1.Cc1cccc(F)c1.Cc1ccccc1. The molecule has 0 spiro atoms. The van der Waals surface area contributed by atoms with E-state index in [2.05, 4.69) is 70.7 Å². The Morgan fingerprint density at radius 2 is 1.13 bits per heavy atom. The number of allylic oxidation sites excluding steroid dienone is 1. The summed E-state index contributed by atoms with van der Waals surface area (Å²) >= 11 is 0. The Kier molecular flexibility index (Phi) is 19.3. The minimum atomic E-state index is -0.162. The van der Waals surface area contributed by atoms with E-state index in [0.717, 1.165) is 5.56 Å². The van der Waals surface area contributed by atoms with Crippen LogP contribution in [0.25, 0.3) is 0 Å². The van der Waals surface area contributed by atoms with Crippen LogP contribution in [0.5, 0.6) is 0 Å². The average Bonchev–Trinajstić information content (AvgIpc) is 2.72. The molecule has 0 saturated carbocycles. The highest BCUT2D eigenvalue weighted by molar-refractivity contribution is 5.23. The van der Waals surface area contributed by atoms with E-state index in [9.17, 15) is 4.39 Å². The van der Waals surface area contributed by atoms with Crippen molar-refractivity contribution in [2.24, 2.45) is 0 Å². The van der Waals surface area contributed by atoms with Crippen LogP contribution in [-0.4, -0.2) is 0 Å². The Morgan fingerprint density at radius 1 is 0.700 bits per heavy atom. The van der Waals surface area contributed by atoms with E-state index in [4.69, 9.17) is 0 Å². The van der Waals surface area contributed by atoms with E-state index in [-0.39, 0.29) is 5.82 Å². The molecule has 0 bridgehead atoms. The summed E-state index contributed by atoms with van der Waals surface area (Å²) in [6.45, 7) is 19.7. The van der Waals surface area contributed by atoms with Gasteiger partial charge in [-0.2, -0.15) is 0 Å². The predicted molar refractivity (Wildman–Crippen MR) is 135 cm³/mol. The van der Waals surface area contributed by atoms with E-state index in [1.54, 1.807) is 12.1 Å². The Morgan fingerprint density at radius 3 is 1.43 bits per heavy atom. The molecule has 1 heteroatoms. The van der Waals surface area contributed by atoms with Gasteiger partial charge in [0.15, 0.2) is 0 Å². The summed E-state index contributed by atoms with van der Waals surface area (Å²) in [5.41, 5.74) is 5.04. The van der Waals surface area contributed by atoms with Gasteiger partial charge in [-0.05, 0) is 56.9 Å². The van der Waals surface area contributed by atoms with Gasteiger partial charge in [-0.3, -0.25) is 0 Å². The number of rotatable bonds is 1. The van der Waals surface area contributed by atoms with Gasteiger partial charge in [-0.15, -0.1) is 6.58 Å². The van der Waals surface area contributed by atoms with Crippen LogP contribution in [-0.2, 0) is 0 Å². The van der Waals surface area contributed by atoms with Crippen molar-refractivity contribution < 1.29 is 4.39 Å². The first-order chi connectivity index (χ1) is 14.3. The second-order valence-corrected chi connectivity index (χ2v) is 6.93. The summed E-state index contributed by atoms with van der Waals surface area (Å²) in [5.74, 6) is 0.491. The molecule has 0 unspecified atom stereocenters. The molecule has 3 rings (SSSR count). The zero-order chi connectivity index (χ0) is 23.4. The molecule has 0 aromatic heterocycles. The largest absolute Gasteiger partial charge is 0.207 e. The molecule has 0 fully saturated rings. The molecule has 0 aliphatic heterocycles. The third-order valence-corrected chi connectivity index (χ3v) is 3.66. The van der Waals surface area contributed by atoms with Crippen molar-refractivity contribution in [3.63, 3.8) is 0 Å². The molecule has 0 aliphatic rings. The van der Waals surface area contributed by atoms with E-state index >= 15 is 0 Å². The zero-order valence-electron chi connectivity index (χ0n) is 20.2. The molecule has 0 nitrogen and oxygen atoms in total. The summed E-state index contributed by atoms with van der Waals surface area (Å²) in [6.07, 6.45) is 1.75. The first kappa shape index (κ1) is 29.5. The Labute approximate surface area is 185 Å². The normalized spacial score (nSPS) is 8.60.